The Labute approximate surface area is 121 Å². The lowest BCUT2D eigenvalue weighted by atomic mass is 10.2. The number of nitrogens with zero attached hydrogens (tertiary/aromatic N) is 1. The molecule has 1 rings (SSSR count). The third-order valence-corrected chi connectivity index (χ3v) is 2.48. The second kappa shape index (κ2) is 7.22. The number of nitro benzene ring substituents is 1. The zero-order chi connectivity index (χ0) is 16.0. The maximum atomic E-state index is 11.7. The van der Waals surface area contributed by atoms with E-state index < -0.39 is 23.4 Å². The van der Waals surface area contributed by atoms with E-state index in [9.17, 15) is 19.7 Å². The number of carbonyl (C=O) groups excluding carboxylic acids is 2. The fourth-order valence-corrected chi connectivity index (χ4v) is 1.40. The minimum absolute atomic E-state index is 0.136. The molecular weight excluding hydrogens is 280 g/mol. The maximum absolute atomic E-state index is 11.7. The highest BCUT2D eigenvalue weighted by Crippen LogP contribution is 2.28. The van der Waals surface area contributed by atoms with Crippen molar-refractivity contribution < 1.29 is 24.0 Å². The second-order valence-electron chi connectivity index (χ2n) is 4.45. The van der Waals surface area contributed by atoms with Gasteiger partial charge in [-0.1, -0.05) is 13.8 Å². The molecular formula is C13H16N2O6. The zero-order valence-corrected chi connectivity index (χ0v) is 11.9. The van der Waals surface area contributed by atoms with Gasteiger partial charge >= 0.3 is 5.97 Å². The molecule has 0 saturated carbocycles. The number of benzene rings is 1. The summed E-state index contributed by atoms with van der Waals surface area (Å²) in [5.41, 5.74) is -0.0532. The number of esters is 1. The van der Waals surface area contributed by atoms with Crippen LogP contribution in [0.5, 0.6) is 5.75 Å². The van der Waals surface area contributed by atoms with Gasteiger partial charge in [0.1, 0.15) is 5.75 Å². The molecule has 0 aliphatic carbocycles. The van der Waals surface area contributed by atoms with Gasteiger partial charge in [0.2, 0.25) is 0 Å². The van der Waals surface area contributed by atoms with Crippen LogP contribution in [0.1, 0.15) is 13.8 Å². The van der Waals surface area contributed by atoms with E-state index in [2.05, 4.69) is 5.32 Å². The van der Waals surface area contributed by atoms with Gasteiger partial charge in [0.05, 0.1) is 23.6 Å². The van der Waals surface area contributed by atoms with Gasteiger partial charge in [-0.2, -0.15) is 0 Å². The van der Waals surface area contributed by atoms with Crippen LogP contribution in [0, 0.1) is 16.0 Å². The van der Waals surface area contributed by atoms with Crippen molar-refractivity contribution in [3.05, 3.63) is 28.3 Å². The van der Waals surface area contributed by atoms with Crippen LogP contribution in [0.4, 0.5) is 11.4 Å². The summed E-state index contributed by atoms with van der Waals surface area (Å²) in [5.74, 6) is -1.19. The zero-order valence-electron chi connectivity index (χ0n) is 11.9. The Morgan fingerprint density at radius 1 is 1.38 bits per heavy atom. The molecule has 0 aliphatic heterocycles. The van der Waals surface area contributed by atoms with Gasteiger partial charge in [0.15, 0.2) is 6.61 Å². The van der Waals surface area contributed by atoms with E-state index in [0.717, 1.165) is 0 Å². The molecule has 114 valence electrons. The van der Waals surface area contributed by atoms with E-state index in [1.807, 2.05) is 0 Å². The summed E-state index contributed by atoms with van der Waals surface area (Å²) in [4.78, 5) is 33.0. The molecule has 0 saturated heterocycles. The Balaban J connectivity index is 2.76. The molecule has 0 aliphatic rings. The highest BCUT2D eigenvalue weighted by atomic mass is 16.6. The lowest BCUT2D eigenvalue weighted by Gasteiger charge is -2.11. The van der Waals surface area contributed by atoms with E-state index >= 15 is 0 Å². The summed E-state index contributed by atoms with van der Waals surface area (Å²) in [7, 11) is 1.37. The molecule has 0 heterocycles. The third kappa shape index (κ3) is 4.75. The molecule has 0 atom stereocenters. The number of nitro groups is 1. The van der Waals surface area contributed by atoms with Gasteiger partial charge < -0.3 is 14.8 Å². The van der Waals surface area contributed by atoms with Crippen LogP contribution in [-0.4, -0.2) is 30.5 Å². The van der Waals surface area contributed by atoms with Crippen LogP contribution in [0.25, 0.3) is 0 Å². The smallest absolute Gasteiger partial charge is 0.308 e. The van der Waals surface area contributed by atoms with Crippen molar-refractivity contribution in [3.8, 4) is 5.75 Å². The first-order valence-corrected chi connectivity index (χ1v) is 6.14. The molecule has 8 nitrogen and oxygen atoms in total. The van der Waals surface area contributed by atoms with Crippen molar-refractivity contribution in [2.24, 2.45) is 5.92 Å². The van der Waals surface area contributed by atoms with Crippen molar-refractivity contribution in [2.45, 2.75) is 13.8 Å². The summed E-state index contributed by atoms with van der Waals surface area (Å²) in [6.45, 7) is 2.82. The van der Waals surface area contributed by atoms with Gasteiger partial charge in [-0.3, -0.25) is 19.7 Å². The lowest BCUT2D eigenvalue weighted by Crippen LogP contribution is -2.23. The molecule has 1 aromatic rings. The molecule has 8 heteroatoms. The molecule has 1 aromatic carbocycles. The summed E-state index contributed by atoms with van der Waals surface area (Å²) in [6.07, 6.45) is 0. The Hall–Kier alpha value is -2.64. The van der Waals surface area contributed by atoms with Gasteiger partial charge in [-0.05, 0) is 6.07 Å². The molecule has 1 N–H and O–H groups in total. The van der Waals surface area contributed by atoms with Crippen molar-refractivity contribution in [1.82, 2.24) is 0 Å². The normalized spacial score (nSPS) is 10.1. The Morgan fingerprint density at radius 3 is 2.57 bits per heavy atom. The number of rotatable bonds is 6. The fraction of sp³-hybridized carbons (Fsp3) is 0.385. The van der Waals surface area contributed by atoms with E-state index in [-0.39, 0.29) is 23.0 Å². The van der Waals surface area contributed by atoms with Crippen LogP contribution in [0.2, 0.25) is 0 Å². The number of amides is 1. The van der Waals surface area contributed by atoms with Crippen LogP contribution >= 0.6 is 0 Å². The average molecular weight is 296 g/mol. The lowest BCUT2D eigenvalue weighted by molar-refractivity contribution is -0.384. The number of methoxy groups -OCH3 is 1. The van der Waals surface area contributed by atoms with Crippen molar-refractivity contribution >= 4 is 23.3 Å². The van der Waals surface area contributed by atoms with Crippen molar-refractivity contribution in [3.63, 3.8) is 0 Å². The number of hydrogen-bond donors (Lipinski definition) is 1. The van der Waals surface area contributed by atoms with E-state index in [4.69, 9.17) is 9.47 Å². The second-order valence-corrected chi connectivity index (χ2v) is 4.45. The minimum Gasteiger partial charge on any atom is -0.495 e. The number of nitrogens with one attached hydrogen (secondary N) is 1. The third-order valence-electron chi connectivity index (χ3n) is 2.48. The first kappa shape index (κ1) is 16.4. The summed E-state index contributed by atoms with van der Waals surface area (Å²) in [5, 5.41) is 13.1. The minimum atomic E-state index is -0.609. The average Bonchev–Trinajstić information content (AvgIpc) is 2.44. The largest absolute Gasteiger partial charge is 0.495 e. The number of non-ortho nitro benzene ring substituents is 1. The van der Waals surface area contributed by atoms with Gasteiger partial charge in [-0.15, -0.1) is 0 Å². The number of carbonyl (C=O) groups is 2. The van der Waals surface area contributed by atoms with Gasteiger partial charge in [0, 0.05) is 12.1 Å². The first-order valence-electron chi connectivity index (χ1n) is 6.14. The Kier molecular flexibility index (Phi) is 5.65. The molecule has 0 unspecified atom stereocenters. The molecule has 0 radical (unpaired) electrons. The topological polar surface area (TPSA) is 108 Å². The number of anilines is 1. The van der Waals surface area contributed by atoms with Gasteiger partial charge in [0.25, 0.3) is 11.6 Å². The summed E-state index contributed by atoms with van der Waals surface area (Å²) >= 11 is 0. The predicted octanol–water partition coefficient (Wildman–Crippen LogP) is 1.74. The van der Waals surface area contributed by atoms with Crippen LogP contribution in [-0.2, 0) is 14.3 Å². The molecule has 0 aromatic heterocycles. The molecule has 0 fully saturated rings. The van der Waals surface area contributed by atoms with Crippen LogP contribution in [0.15, 0.2) is 18.2 Å². The van der Waals surface area contributed by atoms with E-state index in [1.54, 1.807) is 13.8 Å². The standard InChI is InChI=1S/C13H16N2O6/c1-8(2)13(17)21-7-12(16)14-10-6-9(15(18)19)4-5-11(10)20-3/h4-6,8H,7H2,1-3H3,(H,14,16). The summed E-state index contributed by atoms with van der Waals surface area (Å²) < 4.78 is 9.76. The monoisotopic (exact) mass is 296 g/mol. The van der Waals surface area contributed by atoms with Crippen molar-refractivity contribution in [1.29, 1.82) is 0 Å². The number of hydrogen-bond acceptors (Lipinski definition) is 6. The van der Waals surface area contributed by atoms with Crippen LogP contribution < -0.4 is 10.1 Å². The maximum Gasteiger partial charge on any atom is 0.308 e. The molecule has 0 spiro atoms. The molecule has 0 bridgehead atoms. The number of ether oxygens (including phenoxy) is 2. The molecule has 21 heavy (non-hydrogen) atoms. The predicted molar refractivity (Wildman–Crippen MR) is 74.1 cm³/mol. The van der Waals surface area contributed by atoms with Crippen molar-refractivity contribution in [2.75, 3.05) is 19.0 Å². The van der Waals surface area contributed by atoms with Gasteiger partial charge in [-0.25, -0.2) is 0 Å². The molecule has 1 amide bonds. The SMILES string of the molecule is COc1ccc([N+](=O)[O-])cc1NC(=O)COC(=O)C(C)C. The van der Waals surface area contributed by atoms with E-state index in [1.165, 1.54) is 25.3 Å². The Morgan fingerprint density at radius 2 is 2.05 bits per heavy atom. The highest BCUT2D eigenvalue weighted by Gasteiger charge is 2.15. The first-order chi connectivity index (χ1) is 9.85. The summed E-state index contributed by atoms with van der Waals surface area (Å²) in [6, 6.07) is 3.79. The quantitative estimate of drug-likeness (QED) is 0.486. The highest BCUT2D eigenvalue weighted by molar-refractivity contribution is 5.94. The Bertz CT molecular complexity index is 556. The fourth-order valence-electron chi connectivity index (χ4n) is 1.40. The van der Waals surface area contributed by atoms with Crippen LogP contribution in [0.3, 0.4) is 0 Å². The van der Waals surface area contributed by atoms with E-state index in [0.29, 0.717) is 0 Å².